The van der Waals surface area contributed by atoms with Crippen LogP contribution >= 0.6 is 0 Å². The van der Waals surface area contributed by atoms with E-state index in [1.807, 2.05) is 20.8 Å². The van der Waals surface area contributed by atoms with Gasteiger partial charge >= 0.3 is 12.1 Å². The number of hydrogen-bond acceptors (Lipinski definition) is 4. The van der Waals surface area contributed by atoms with Crippen molar-refractivity contribution in [2.45, 2.75) is 96.3 Å². The molecule has 1 saturated carbocycles. The minimum absolute atomic E-state index is 0.0154. The maximum absolute atomic E-state index is 12.0. The fraction of sp³-hybridized carbons (Fsp3) is 0.789. The van der Waals surface area contributed by atoms with E-state index in [1.54, 1.807) is 0 Å². The molecule has 5 nitrogen and oxygen atoms in total. The number of allylic oxidation sites excluding steroid dienone is 1. The summed E-state index contributed by atoms with van der Waals surface area (Å²) >= 11 is 0. The number of amides is 1. The smallest absolute Gasteiger partial charge is 0.407 e. The van der Waals surface area contributed by atoms with Gasteiger partial charge in [0.25, 0.3) is 0 Å². The molecule has 0 aromatic carbocycles. The Morgan fingerprint density at radius 2 is 1.88 bits per heavy atom. The first-order valence-corrected chi connectivity index (χ1v) is 9.19. The van der Waals surface area contributed by atoms with E-state index in [-0.39, 0.29) is 24.2 Å². The SMILES string of the molecule is CC(C)(C)OC(=O)NC1CCC(OC(=O)CC2=CCCCC2)CC1. The Morgan fingerprint density at radius 1 is 1.17 bits per heavy atom. The van der Waals surface area contributed by atoms with Gasteiger partial charge in [0.15, 0.2) is 0 Å². The molecule has 1 amide bonds. The van der Waals surface area contributed by atoms with Crippen LogP contribution < -0.4 is 5.32 Å². The summed E-state index contributed by atoms with van der Waals surface area (Å²) < 4.78 is 10.9. The van der Waals surface area contributed by atoms with Gasteiger partial charge in [0.05, 0.1) is 6.42 Å². The van der Waals surface area contributed by atoms with Gasteiger partial charge in [-0.25, -0.2) is 4.79 Å². The van der Waals surface area contributed by atoms with Gasteiger partial charge in [0.2, 0.25) is 0 Å². The van der Waals surface area contributed by atoms with Crippen LogP contribution in [0.3, 0.4) is 0 Å². The number of esters is 1. The van der Waals surface area contributed by atoms with Crippen molar-refractivity contribution in [1.29, 1.82) is 0 Å². The maximum atomic E-state index is 12.0. The van der Waals surface area contributed by atoms with Crippen LogP contribution in [-0.2, 0) is 14.3 Å². The third-order valence-corrected chi connectivity index (χ3v) is 4.45. The lowest BCUT2D eigenvalue weighted by molar-refractivity contribution is -0.149. The summed E-state index contributed by atoms with van der Waals surface area (Å²) in [4.78, 5) is 23.8. The average molecular weight is 337 g/mol. The Balaban J connectivity index is 1.66. The molecule has 0 atom stereocenters. The van der Waals surface area contributed by atoms with Crippen LogP contribution in [0, 0.1) is 0 Å². The van der Waals surface area contributed by atoms with Gasteiger partial charge in [-0.3, -0.25) is 4.79 Å². The fourth-order valence-corrected chi connectivity index (χ4v) is 3.28. The van der Waals surface area contributed by atoms with Gasteiger partial charge in [-0.05, 0) is 72.1 Å². The molecule has 2 aliphatic carbocycles. The monoisotopic (exact) mass is 337 g/mol. The number of hydrogen-bond donors (Lipinski definition) is 1. The highest BCUT2D eigenvalue weighted by Crippen LogP contribution is 2.24. The number of alkyl carbamates (subject to hydrolysis) is 1. The summed E-state index contributed by atoms with van der Waals surface area (Å²) in [5, 5.41) is 2.90. The molecular formula is C19H31NO4. The maximum Gasteiger partial charge on any atom is 0.407 e. The summed E-state index contributed by atoms with van der Waals surface area (Å²) in [6.45, 7) is 5.56. The average Bonchev–Trinajstić information content (AvgIpc) is 2.48. The van der Waals surface area contributed by atoms with Crippen molar-refractivity contribution < 1.29 is 19.1 Å². The lowest BCUT2D eigenvalue weighted by Gasteiger charge is -2.30. The number of ether oxygens (including phenoxy) is 2. The van der Waals surface area contributed by atoms with Crippen molar-refractivity contribution in [3.8, 4) is 0 Å². The van der Waals surface area contributed by atoms with Gasteiger partial charge in [-0.15, -0.1) is 0 Å². The zero-order valence-corrected chi connectivity index (χ0v) is 15.2. The molecule has 24 heavy (non-hydrogen) atoms. The van der Waals surface area contributed by atoms with Crippen molar-refractivity contribution in [2.24, 2.45) is 0 Å². The highest BCUT2D eigenvalue weighted by Gasteiger charge is 2.26. The van der Waals surface area contributed by atoms with Crippen molar-refractivity contribution in [1.82, 2.24) is 5.32 Å². The molecule has 0 unspecified atom stereocenters. The highest BCUT2D eigenvalue weighted by atomic mass is 16.6. The minimum atomic E-state index is -0.482. The normalized spacial score (nSPS) is 24.7. The molecule has 0 spiro atoms. The van der Waals surface area contributed by atoms with Crippen molar-refractivity contribution in [3.05, 3.63) is 11.6 Å². The minimum Gasteiger partial charge on any atom is -0.462 e. The molecule has 0 radical (unpaired) electrons. The number of carbonyl (C=O) groups is 2. The van der Waals surface area contributed by atoms with E-state index in [2.05, 4.69) is 11.4 Å². The predicted molar refractivity (Wildman–Crippen MR) is 92.7 cm³/mol. The lowest BCUT2D eigenvalue weighted by Crippen LogP contribution is -2.42. The lowest BCUT2D eigenvalue weighted by atomic mass is 9.93. The van der Waals surface area contributed by atoms with Gasteiger partial charge in [0.1, 0.15) is 11.7 Å². The van der Waals surface area contributed by atoms with E-state index in [9.17, 15) is 9.59 Å². The first kappa shape index (κ1) is 18.8. The van der Waals surface area contributed by atoms with Crippen LogP contribution in [0.15, 0.2) is 11.6 Å². The quantitative estimate of drug-likeness (QED) is 0.615. The highest BCUT2D eigenvalue weighted by molar-refractivity contribution is 5.72. The van der Waals surface area contributed by atoms with Gasteiger partial charge in [0, 0.05) is 6.04 Å². The summed E-state index contributed by atoms with van der Waals surface area (Å²) in [5.74, 6) is -0.105. The Kier molecular flexibility index (Phi) is 6.69. The molecule has 0 heterocycles. The van der Waals surface area contributed by atoms with Crippen LogP contribution in [0.4, 0.5) is 4.79 Å². The van der Waals surface area contributed by atoms with E-state index in [1.165, 1.54) is 18.4 Å². The molecule has 1 fully saturated rings. The molecule has 2 rings (SSSR count). The topological polar surface area (TPSA) is 64.6 Å². The predicted octanol–water partition coefficient (Wildman–Crippen LogP) is 4.26. The largest absolute Gasteiger partial charge is 0.462 e. The van der Waals surface area contributed by atoms with Gasteiger partial charge in [-0.2, -0.15) is 0 Å². The zero-order valence-electron chi connectivity index (χ0n) is 15.2. The zero-order chi connectivity index (χ0) is 17.6. The Labute approximate surface area is 145 Å². The van der Waals surface area contributed by atoms with Crippen molar-refractivity contribution in [2.75, 3.05) is 0 Å². The number of carbonyl (C=O) groups excluding carboxylic acids is 2. The molecule has 1 N–H and O–H groups in total. The van der Waals surface area contributed by atoms with E-state index in [0.29, 0.717) is 6.42 Å². The second-order valence-electron chi connectivity index (χ2n) is 7.89. The Hall–Kier alpha value is -1.52. The van der Waals surface area contributed by atoms with Gasteiger partial charge < -0.3 is 14.8 Å². The third kappa shape index (κ3) is 6.93. The molecule has 0 bridgehead atoms. The Bertz CT molecular complexity index is 470. The van der Waals surface area contributed by atoms with Crippen LogP contribution in [0.5, 0.6) is 0 Å². The van der Waals surface area contributed by atoms with Crippen LogP contribution in [0.2, 0.25) is 0 Å². The summed E-state index contributed by atoms with van der Waals surface area (Å²) in [6.07, 6.45) is 10.0. The van der Waals surface area contributed by atoms with Crippen LogP contribution in [-0.4, -0.2) is 29.8 Å². The summed E-state index contributed by atoms with van der Waals surface area (Å²) in [5.41, 5.74) is 0.747. The molecule has 5 heteroatoms. The second kappa shape index (κ2) is 8.54. The number of nitrogens with one attached hydrogen (secondary N) is 1. The van der Waals surface area contributed by atoms with Crippen LogP contribution in [0.1, 0.15) is 78.6 Å². The first-order valence-electron chi connectivity index (χ1n) is 9.19. The Morgan fingerprint density at radius 3 is 2.46 bits per heavy atom. The van der Waals surface area contributed by atoms with Crippen molar-refractivity contribution in [3.63, 3.8) is 0 Å². The number of rotatable bonds is 4. The van der Waals surface area contributed by atoms with Crippen molar-refractivity contribution >= 4 is 12.1 Å². The molecule has 136 valence electrons. The van der Waals surface area contributed by atoms with E-state index in [4.69, 9.17) is 9.47 Å². The molecule has 0 aliphatic heterocycles. The molecule has 0 saturated heterocycles. The second-order valence-corrected chi connectivity index (χ2v) is 7.89. The third-order valence-electron chi connectivity index (χ3n) is 4.45. The fourth-order valence-electron chi connectivity index (χ4n) is 3.28. The molecule has 0 aromatic rings. The van der Waals surface area contributed by atoms with E-state index in [0.717, 1.165) is 38.5 Å². The van der Waals surface area contributed by atoms with E-state index >= 15 is 0 Å². The van der Waals surface area contributed by atoms with E-state index < -0.39 is 5.60 Å². The summed E-state index contributed by atoms with van der Waals surface area (Å²) in [7, 11) is 0. The van der Waals surface area contributed by atoms with Gasteiger partial charge in [-0.1, -0.05) is 11.6 Å². The first-order chi connectivity index (χ1) is 11.3. The summed E-state index contributed by atoms with van der Waals surface area (Å²) in [6, 6.07) is 0.107. The molecule has 0 aromatic heterocycles. The molecule has 2 aliphatic rings. The van der Waals surface area contributed by atoms with Crippen LogP contribution in [0.25, 0.3) is 0 Å². The molecular weight excluding hydrogens is 306 g/mol. The standard InChI is InChI=1S/C19H31NO4/c1-19(2,3)24-18(22)20-15-9-11-16(12-10-15)23-17(21)13-14-7-5-4-6-8-14/h7,15-16H,4-6,8-13H2,1-3H3,(H,20,22).